The second-order valence-corrected chi connectivity index (χ2v) is 4.92. The van der Waals surface area contributed by atoms with Crippen molar-refractivity contribution in [1.29, 1.82) is 0 Å². The molecular weight excluding hydrogens is 250 g/mol. The predicted molar refractivity (Wildman–Crippen MR) is 73.9 cm³/mol. The molecule has 0 saturated carbocycles. The summed E-state index contributed by atoms with van der Waals surface area (Å²) in [5.74, 6) is 0.110. The largest absolute Gasteiger partial charge is 0.329 e. The number of nitrogens with two attached hydrogens (primary N) is 1. The van der Waals surface area contributed by atoms with E-state index >= 15 is 0 Å². The van der Waals surface area contributed by atoms with Crippen LogP contribution in [0.4, 0.5) is 5.69 Å². The van der Waals surface area contributed by atoms with Crippen molar-refractivity contribution in [2.75, 3.05) is 31.6 Å². The van der Waals surface area contributed by atoms with E-state index in [1.165, 1.54) is 0 Å². The van der Waals surface area contributed by atoms with Gasteiger partial charge in [-0.1, -0.05) is 23.7 Å². The van der Waals surface area contributed by atoms with Gasteiger partial charge in [-0.25, -0.2) is 0 Å². The van der Waals surface area contributed by atoms with Crippen LogP contribution in [0.1, 0.15) is 6.42 Å². The van der Waals surface area contributed by atoms with Gasteiger partial charge >= 0.3 is 0 Å². The fraction of sp³-hybridized carbons (Fsp3) is 0.462. The zero-order chi connectivity index (χ0) is 13.1. The molecule has 1 fully saturated rings. The van der Waals surface area contributed by atoms with E-state index in [2.05, 4.69) is 0 Å². The molecule has 18 heavy (non-hydrogen) atoms. The maximum atomic E-state index is 12.4. The lowest BCUT2D eigenvalue weighted by Gasteiger charge is -2.23. The molecule has 5 heteroatoms. The first kappa shape index (κ1) is 13.3. The van der Waals surface area contributed by atoms with Crippen LogP contribution in [0.5, 0.6) is 0 Å². The van der Waals surface area contributed by atoms with E-state index < -0.39 is 0 Å². The number of anilines is 1. The summed E-state index contributed by atoms with van der Waals surface area (Å²) >= 11 is 6.13. The Morgan fingerprint density at radius 2 is 2.22 bits per heavy atom. The third-order valence-electron chi connectivity index (χ3n) is 3.33. The summed E-state index contributed by atoms with van der Waals surface area (Å²) in [5, 5.41) is 0.618. The van der Waals surface area contributed by atoms with E-state index in [1.54, 1.807) is 11.0 Å². The van der Waals surface area contributed by atoms with Crippen LogP contribution in [0.2, 0.25) is 5.02 Å². The Hall–Kier alpha value is -1.10. The van der Waals surface area contributed by atoms with Crippen molar-refractivity contribution >= 4 is 23.2 Å². The monoisotopic (exact) mass is 267 g/mol. The molecule has 1 amide bonds. The number of para-hydroxylation sites is 1. The molecule has 1 saturated heterocycles. The molecular formula is C13H18ClN3O. The maximum Gasteiger partial charge on any atom is 0.244 e. The van der Waals surface area contributed by atoms with E-state index in [1.807, 2.05) is 30.1 Å². The van der Waals surface area contributed by atoms with E-state index in [0.29, 0.717) is 18.1 Å². The lowest BCUT2D eigenvalue weighted by molar-refractivity contribution is -0.121. The Kier molecular flexibility index (Phi) is 4.22. The number of carbonyl (C=O) groups excluding carboxylic acids is 1. The number of amides is 1. The number of rotatable bonds is 4. The lowest BCUT2D eigenvalue weighted by atomic mass is 10.2. The average Bonchev–Trinajstić information content (AvgIpc) is 2.72. The summed E-state index contributed by atoms with van der Waals surface area (Å²) in [7, 11) is 1.94. The highest BCUT2D eigenvalue weighted by Gasteiger charge is 2.35. The van der Waals surface area contributed by atoms with Gasteiger partial charge in [-0.3, -0.25) is 9.69 Å². The molecule has 0 spiro atoms. The van der Waals surface area contributed by atoms with Crippen LogP contribution >= 0.6 is 11.6 Å². The van der Waals surface area contributed by atoms with Crippen molar-refractivity contribution in [2.45, 2.75) is 12.5 Å². The molecule has 1 atom stereocenters. The Bertz CT molecular complexity index is 438. The van der Waals surface area contributed by atoms with Crippen molar-refractivity contribution in [3.63, 3.8) is 0 Å². The van der Waals surface area contributed by atoms with Gasteiger partial charge in [-0.05, 0) is 25.6 Å². The smallest absolute Gasteiger partial charge is 0.244 e. The number of hydrogen-bond donors (Lipinski definition) is 1. The van der Waals surface area contributed by atoms with Crippen molar-refractivity contribution in [2.24, 2.45) is 5.73 Å². The van der Waals surface area contributed by atoms with E-state index in [4.69, 9.17) is 17.3 Å². The molecule has 1 aromatic rings. The molecule has 4 nitrogen and oxygen atoms in total. The van der Waals surface area contributed by atoms with Gasteiger partial charge in [-0.15, -0.1) is 0 Å². The topological polar surface area (TPSA) is 49.6 Å². The highest BCUT2D eigenvalue weighted by Crippen LogP contribution is 2.29. The number of nitrogens with zero attached hydrogens (tertiary/aromatic N) is 2. The summed E-state index contributed by atoms with van der Waals surface area (Å²) in [6.45, 7) is 2.00. The lowest BCUT2D eigenvalue weighted by Crippen LogP contribution is -2.41. The molecule has 1 aromatic carbocycles. The third kappa shape index (κ3) is 2.51. The van der Waals surface area contributed by atoms with Crippen molar-refractivity contribution in [1.82, 2.24) is 4.90 Å². The van der Waals surface area contributed by atoms with Crippen LogP contribution in [-0.4, -0.2) is 43.5 Å². The molecule has 1 heterocycles. The number of carbonyl (C=O) groups is 1. The Balaban J connectivity index is 2.15. The fourth-order valence-electron chi connectivity index (χ4n) is 2.34. The molecule has 0 bridgehead atoms. The average molecular weight is 268 g/mol. The summed E-state index contributed by atoms with van der Waals surface area (Å²) in [6, 6.07) is 7.37. The number of benzene rings is 1. The van der Waals surface area contributed by atoms with Gasteiger partial charge < -0.3 is 10.6 Å². The minimum Gasteiger partial charge on any atom is -0.329 e. The van der Waals surface area contributed by atoms with Crippen LogP contribution < -0.4 is 10.6 Å². The van der Waals surface area contributed by atoms with Gasteiger partial charge in [0.25, 0.3) is 0 Å². The molecule has 2 N–H and O–H groups in total. The molecule has 98 valence electrons. The van der Waals surface area contributed by atoms with Crippen LogP contribution in [0.15, 0.2) is 24.3 Å². The zero-order valence-electron chi connectivity index (χ0n) is 10.5. The Labute approximate surface area is 112 Å². The first-order valence-electron chi connectivity index (χ1n) is 6.11. The first-order chi connectivity index (χ1) is 8.65. The number of likely N-dealkylation sites (N-methyl/N-ethyl adjacent to an activating group) is 1. The predicted octanol–water partition coefficient (Wildman–Crippen LogP) is 1.34. The normalized spacial score (nSPS) is 19.9. The molecule has 0 radical (unpaired) electrons. The van der Waals surface area contributed by atoms with Gasteiger partial charge in [0, 0.05) is 19.6 Å². The first-order valence-corrected chi connectivity index (χ1v) is 6.49. The summed E-state index contributed by atoms with van der Waals surface area (Å²) in [5.41, 5.74) is 6.32. The van der Waals surface area contributed by atoms with Gasteiger partial charge in [0.1, 0.15) is 0 Å². The van der Waals surface area contributed by atoms with E-state index in [9.17, 15) is 4.79 Å². The number of halogens is 1. The quantitative estimate of drug-likeness (QED) is 0.896. The van der Waals surface area contributed by atoms with E-state index in [0.717, 1.165) is 18.7 Å². The van der Waals surface area contributed by atoms with Crippen LogP contribution in [-0.2, 0) is 4.79 Å². The third-order valence-corrected chi connectivity index (χ3v) is 3.65. The second-order valence-electron chi connectivity index (χ2n) is 4.52. The number of hydrogen-bond acceptors (Lipinski definition) is 3. The van der Waals surface area contributed by atoms with E-state index in [-0.39, 0.29) is 11.9 Å². The van der Waals surface area contributed by atoms with Crippen molar-refractivity contribution in [3.8, 4) is 0 Å². The van der Waals surface area contributed by atoms with Gasteiger partial charge in [-0.2, -0.15) is 0 Å². The standard InChI is InChI=1S/C13H18ClN3O/c1-16(9-7-15)12-6-8-17(13(12)18)11-5-3-2-4-10(11)14/h2-5,12H,6-9,15H2,1H3. The second kappa shape index (κ2) is 5.69. The highest BCUT2D eigenvalue weighted by molar-refractivity contribution is 6.33. The molecule has 2 rings (SSSR count). The van der Waals surface area contributed by atoms with Crippen molar-refractivity contribution < 1.29 is 4.79 Å². The molecule has 1 aliphatic heterocycles. The zero-order valence-corrected chi connectivity index (χ0v) is 11.2. The summed E-state index contributed by atoms with van der Waals surface area (Å²) in [4.78, 5) is 16.1. The van der Waals surface area contributed by atoms with Gasteiger partial charge in [0.15, 0.2) is 0 Å². The van der Waals surface area contributed by atoms with Gasteiger partial charge in [0.2, 0.25) is 5.91 Å². The molecule has 1 aliphatic rings. The molecule has 1 unspecified atom stereocenters. The minimum atomic E-state index is -0.0789. The summed E-state index contributed by atoms with van der Waals surface area (Å²) < 4.78 is 0. The molecule has 0 aliphatic carbocycles. The van der Waals surface area contributed by atoms with Gasteiger partial charge in [0.05, 0.1) is 16.8 Å². The highest BCUT2D eigenvalue weighted by atomic mass is 35.5. The van der Waals surface area contributed by atoms with Crippen LogP contribution in [0, 0.1) is 0 Å². The SMILES string of the molecule is CN(CCN)C1CCN(c2ccccc2Cl)C1=O. The van der Waals surface area contributed by atoms with Crippen LogP contribution in [0.3, 0.4) is 0 Å². The maximum absolute atomic E-state index is 12.4. The minimum absolute atomic E-state index is 0.0789. The van der Waals surface area contributed by atoms with Crippen LogP contribution in [0.25, 0.3) is 0 Å². The van der Waals surface area contributed by atoms with Crippen molar-refractivity contribution in [3.05, 3.63) is 29.3 Å². The Morgan fingerprint density at radius 3 is 2.89 bits per heavy atom. The summed E-state index contributed by atoms with van der Waals surface area (Å²) in [6.07, 6.45) is 0.820. The molecule has 0 aromatic heterocycles. The fourth-order valence-corrected chi connectivity index (χ4v) is 2.58. The Morgan fingerprint density at radius 1 is 1.50 bits per heavy atom.